The lowest BCUT2D eigenvalue weighted by Gasteiger charge is -2.55. The number of hydrogen-bond donors (Lipinski definition) is 0. The van der Waals surface area contributed by atoms with Gasteiger partial charge >= 0.3 is 6.16 Å². The van der Waals surface area contributed by atoms with E-state index in [4.69, 9.17) is 9.47 Å². The number of likely N-dealkylation sites (tertiary alicyclic amines) is 2. The van der Waals surface area contributed by atoms with Crippen molar-refractivity contribution in [1.29, 1.82) is 0 Å². The molecule has 272 valence electrons. The Balaban J connectivity index is 1.77. The molecule has 0 unspecified atom stereocenters. The van der Waals surface area contributed by atoms with Crippen molar-refractivity contribution >= 4 is 6.16 Å². The summed E-state index contributed by atoms with van der Waals surface area (Å²) in [6, 6.07) is 0. The second kappa shape index (κ2) is 20.0. The zero-order valence-corrected chi connectivity index (χ0v) is 32.7. The third-order valence-electron chi connectivity index (χ3n) is 11.3. The van der Waals surface area contributed by atoms with Crippen molar-refractivity contribution in [2.75, 3.05) is 13.1 Å². The predicted molar refractivity (Wildman–Crippen MR) is 198 cm³/mol. The highest BCUT2D eigenvalue weighted by atomic mass is 16.7. The second-order valence-electron chi connectivity index (χ2n) is 17.8. The molecule has 2 heterocycles. The lowest BCUT2D eigenvalue weighted by molar-refractivity contribution is -0.118. The van der Waals surface area contributed by atoms with Gasteiger partial charge in [0.15, 0.2) is 0 Å². The number of piperidine rings is 2. The number of hydrogen-bond acceptors (Lipinski definition) is 5. The van der Waals surface area contributed by atoms with E-state index in [2.05, 4.69) is 79.0 Å². The summed E-state index contributed by atoms with van der Waals surface area (Å²) in [6.45, 7) is 25.5. The molecule has 2 fully saturated rings. The lowest BCUT2D eigenvalue weighted by Crippen LogP contribution is -2.63. The Hall–Kier alpha value is -0.810. The Morgan fingerprint density at radius 2 is 0.696 bits per heavy atom. The van der Waals surface area contributed by atoms with Gasteiger partial charge in [-0.2, -0.15) is 0 Å². The van der Waals surface area contributed by atoms with Gasteiger partial charge in [0, 0.05) is 47.8 Å². The predicted octanol–water partition coefficient (Wildman–Crippen LogP) is 12.2. The summed E-state index contributed by atoms with van der Waals surface area (Å²) in [7, 11) is 0. The van der Waals surface area contributed by atoms with E-state index in [-0.39, 0.29) is 34.4 Å². The standard InChI is InChI=1S/C41H80N2O3/c1-11-13-15-17-19-21-23-25-27-29-42-38(3,4)31-35(32-39(42,5)6)45-37(44)46-36-33-40(7,8)43(41(9,10)34-36)30-28-26-24-22-20-18-16-14-12-2/h35-36H,11-34H2,1-10H3. The number of unbranched alkanes of at least 4 members (excludes halogenated alkanes) is 16. The van der Waals surface area contributed by atoms with Crippen molar-refractivity contribution < 1.29 is 14.3 Å². The van der Waals surface area contributed by atoms with Gasteiger partial charge in [0.2, 0.25) is 0 Å². The van der Waals surface area contributed by atoms with Gasteiger partial charge in [-0.1, -0.05) is 117 Å². The van der Waals surface area contributed by atoms with Crippen LogP contribution in [-0.2, 0) is 9.47 Å². The van der Waals surface area contributed by atoms with Gasteiger partial charge in [-0.05, 0) is 81.3 Å². The van der Waals surface area contributed by atoms with Crippen LogP contribution in [0.4, 0.5) is 4.79 Å². The first-order valence-corrected chi connectivity index (χ1v) is 20.1. The molecular weight excluding hydrogens is 568 g/mol. The quantitative estimate of drug-likeness (QED) is 0.0863. The fourth-order valence-corrected chi connectivity index (χ4v) is 9.29. The van der Waals surface area contributed by atoms with Gasteiger partial charge in [0.1, 0.15) is 12.2 Å². The third kappa shape index (κ3) is 14.4. The van der Waals surface area contributed by atoms with Crippen molar-refractivity contribution in [3.8, 4) is 0 Å². The second-order valence-corrected chi connectivity index (χ2v) is 17.8. The highest BCUT2D eigenvalue weighted by Gasteiger charge is 2.48. The van der Waals surface area contributed by atoms with Crippen LogP contribution in [0.2, 0.25) is 0 Å². The normalized spacial score (nSPS) is 21.8. The summed E-state index contributed by atoms with van der Waals surface area (Å²) in [5.74, 6) is 0. The molecule has 0 aromatic carbocycles. The van der Waals surface area contributed by atoms with Crippen LogP contribution >= 0.6 is 0 Å². The Bertz CT molecular complexity index is 734. The maximum atomic E-state index is 13.2. The van der Waals surface area contributed by atoms with Crippen molar-refractivity contribution in [3.05, 3.63) is 0 Å². The fourth-order valence-electron chi connectivity index (χ4n) is 9.29. The molecule has 0 spiro atoms. The summed E-state index contributed by atoms with van der Waals surface area (Å²) in [5, 5.41) is 0. The number of rotatable bonds is 22. The zero-order valence-electron chi connectivity index (χ0n) is 32.7. The Morgan fingerprint density at radius 1 is 0.457 bits per heavy atom. The number of ether oxygens (including phenoxy) is 2. The van der Waals surface area contributed by atoms with E-state index >= 15 is 0 Å². The molecule has 0 radical (unpaired) electrons. The topological polar surface area (TPSA) is 42.0 Å². The van der Waals surface area contributed by atoms with E-state index < -0.39 is 6.16 Å². The van der Waals surface area contributed by atoms with Crippen molar-refractivity contribution in [2.24, 2.45) is 0 Å². The number of nitrogens with zero attached hydrogens (tertiary/aromatic N) is 2. The summed E-state index contributed by atoms with van der Waals surface area (Å²) < 4.78 is 12.2. The molecule has 0 amide bonds. The van der Waals surface area contributed by atoms with Crippen LogP contribution in [0.1, 0.15) is 210 Å². The molecule has 2 rings (SSSR count). The Kier molecular flexibility index (Phi) is 18.0. The van der Waals surface area contributed by atoms with E-state index in [0.29, 0.717) is 0 Å². The van der Waals surface area contributed by atoms with Crippen LogP contribution in [0.5, 0.6) is 0 Å². The van der Waals surface area contributed by atoms with Crippen LogP contribution in [0.3, 0.4) is 0 Å². The average molecular weight is 649 g/mol. The largest absolute Gasteiger partial charge is 0.508 e. The molecule has 0 saturated carbocycles. The maximum Gasteiger partial charge on any atom is 0.508 e. The fraction of sp³-hybridized carbons (Fsp3) is 0.976. The van der Waals surface area contributed by atoms with Crippen LogP contribution in [-0.4, -0.2) is 63.4 Å². The summed E-state index contributed by atoms with van der Waals surface area (Å²) in [6.07, 6.45) is 27.1. The van der Waals surface area contributed by atoms with Gasteiger partial charge in [0.05, 0.1) is 0 Å². The molecule has 2 aliphatic heterocycles. The summed E-state index contributed by atoms with van der Waals surface area (Å²) >= 11 is 0. The van der Waals surface area contributed by atoms with Gasteiger partial charge < -0.3 is 9.47 Å². The monoisotopic (exact) mass is 649 g/mol. The van der Waals surface area contributed by atoms with E-state index in [9.17, 15) is 4.79 Å². The van der Waals surface area contributed by atoms with Crippen molar-refractivity contribution in [2.45, 2.75) is 245 Å². The highest BCUT2D eigenvalue weighted by Crippen LogP contribution is 2.42. The summed E-state index contributed by atoms with van der Waals surface area (Å²) in [4.78, 5) is 18.6. The van der Waals surface area contributed by atoms with Crippen LogP contribution in [0, 0.1) is 0 Å². The van der Waals surface area contributed by atoms with Gasteiger partial charge in [-0.3, -0.25) is 9.80 Å². The first-order chi connectivity index (χ1) is 21.6. The molecule has 5 nitrogen and oxygen atoms in total. The van der Waals surface area contributed by atoms with Gasteiger partial charge in [0.25, 0.3) is 0 Å². The van der Waals surface area contributed by atoms with Crippen molar-refractivity contribution in [3.63, 3.8) is 0 Å². The van der Waals surface area contributed by atoms with E-state index in [1.807, 2.05) is 0 Å². The molecule has 0 bridgehead atoms. The minimum Gasteiger partial charge on any atom is -0.431 e. The third-order valence-corrected chi connectivity index (χ3v) is 11.3. The first kappa shape index (κ1) is 41.4. The molecule has 0 aliphatic carbocycles. The van der Waals surface area contributed by atoms with Crippen LogP contribution in [0.25, 0.3) is 0 Å². The van der Waals surface area contributed by atoms with Crippen LogP contribution < -0.4 is 0 Å². The van der Waals surface area contributed by atoms with E-state index in [1.165, 1.54) is 116 Å². The van der Waals surface area contributed by atoms with Crippen LogP contribution in [0.15, 0.2) is 0 Å². The molecule has 46 heavy (non-hydrogen) atoms. The minimum atomic E-state index is -0.465. The molecule has 0 N–H and O–H groups in total. The maximum absolute atomic E-state index is 13.2. The molecule has 0 atom stereocenters. The highest BCUT2D eigenvalue weighted by molar-refractivity contribution is 5.60. The molecule has 5 heteroatoms. The smallest absolute Gasteiger partial charge is 0.431 e. The summed E-state index contributed by atoms with van der Waals surface area (Å²) in [5.41, 5.74) is -0.0666. The van der Waals surface area contributed by atoms with Gasteiger partial charge in [-0.15, -0.1) is 0 Å². The number of carbonyl (C=O) groups is 1. The van der Waals surface area contributed by atoms with E-state index in [0.717, 1.165) is 38.8 Å². The van der Waals surface area contributed by atoms with Gasteiger partial charge in [-0.25, -0.2) is 4.79 Å². The number of carbonyl (C=O) groups excluding carboxylic acids is 1. The molecule has 0 aromatic rings. The van der Waals surface area contributed by atoms with Crippen molar-refractivity contribution in [1.82, 2.24) is 9.80 Å². The first-order valence-electron chi connectivity index (χ1n) is 20.1. The lowest BCUT2D eigenvalue weighted by atomic mass is 9.77. The molecular formula is C41H80N2O3. The van der Waals surface area contributed by atoms with E-state index in [1.54, 1.807) is 0 Å². The minimum absolute atomic E-state index is 0.0166. The average Bonchev–Trinajstić information content (AvgIpc) is 2.92. The Labute approximate surface area is 287 Å². The molecule has 2 aliphatic rings. The molecule has 0 aromatic heterocycles. The molecule has 2 saturated heterocycles. The Morgan fingerprint density at radius 3 is 0.957 bits per heavy atom. The zero-order chi connectivity index (χ0) is 34.3. The SMILES string of the molecule is CCCCCCCCCCCN1C(C)(C)CC(OC(=O)OC2CC(C)(C)N(CCCCCCCCCCC)C(C)(C)C2)CC1(C)C.